The van der Waals surface area contributed by atoms with Crippen LogP contribution in [-0.4, -0.2) is 14.1 Å². The molecule has 3 aromatic rings. The Balaban J connectivity index is 2.28. The molecule has 0 amide bonds. The predicted molar refractivity (Wildman–Crippen MR) is 86.2 cm³/mol. The summed E-state index contributed by atoms with van der Waals surface area (Å²) in [6, 6.07) is 7.55. The highest BCUT2D eigenvalue weighted by Crippen LogP contribution is 2.12. The minimum Gasteiger partial charge on any atom is -0.280 e. The molecule has 5 nitrogen and oxygen atoms in total. The number of hydrogen-bond donors (Lipinski definition) is 0. The molecule has 0 unspecified atom stereocenters. The first-order valence-electron chi connectivity index (χ1n) is 7.20. The third-order valence-electron chi connectivity index (χ3n) is 3.87. The SMILES string of the molecule is Cc1cc(C)c2c(=O)n(Cc3ccc(F)cc3)c(=O)n(C)c2n1. The van der Waals surface area contributed by atoms with Gasteiger partial charge in [-0.2, -0.15) is 0 Å². The van der Waals surface area contributed by atoms with E-state index in [1.165, 1.54) is 16.7 Å². The largest absolute Gasteiger partial charge is 0.332 e. The Labute approximate surface area is 131 Å². The Morgan fingerprint density at radius 1 is 1.13 bits per heavy atom. The molecule has 0 bridgehead atoms. The second kappa shape index (κ2) is 5.46. The molecule has 2 aromatic heterocycles. The maximum Gasteiger partial charge on any atom is 0.332 e. The van der Waals surface area contributed by atoms with Gasteiger partial charge in [-0.3, -0.25) is 13.9 Å². The molecule has 3 rings (SSSR count). The molecule has 118 valence electrons. The average molecular weight is 313 g/mol. The Morgan fingerprint density at radius 2 is 1.78 bits per heavy atom. The molecule has 0 saturated heterocycles. The second-order valence-electron chi connectivity index (χ2n) is 5.64. The first-order chi connectivity index (χ1) is 10.9. The molecule has 0 spiro atoms. The number of aromatic nitrogens is 3. The van der Waals surface area contributed by atoms with Crippen molar-refractivity contribution in [1.29, 1.82) is 0 Å². The van der Waals surface area contributed by atoms with Crippen LogP contribution < -0.4 is 11.2 Å². The van der Waals surface area contributed by atoms with Gasteiger partial charge in [0.2, 0.25) is 0 Å². The number of halogens is 1. The summed E-state index contributed by atoms with van der Waals surface area (Å²) in [5.74, 6) is -0.358. The first-order valence-corrected chi connectivity index (χ1v) is 7.20. The number of hydrogen-bond acceptors (Lipinski definition) is 3. The molecule has 6 heteroatoms. The molecule has 23 heavy (non-hydrogen) atoms. The molecule has 2 heterocycles. The topological polar surface area (TPSA) is 56.9 Å². The van der Waals surface area contributed by atoms with Crippen LogP contribution in [0.4, 0.5) is 4.39 Å². The molecule has 0 aliphatic heterocycles. The maximum atomic E-state index is 13.0. The minimum atomic E-state index is -0.440. The summed E-state index contributed by atoms with van der Waals surface area (Å²) < 4.78 is 15.5. The van der Waals surface area contributed by atoms with Crippen LogP contribution in [0, 0.1) is 19.7 Å². The van der Waals surface area contributed by atoms with E-state index in [9.17, 15) is 14.0 Å². The predicted octanol–water partition coefficient (Wildman–Crippen LogP) is 1.90. The highest BCUT2D eigenvalue weighted by Gasteiger charge is 2.14. The van der Waals surface area contributed by atoms with Crippen molar-refractivity contribution in [2.45, 2.75) is 20.4 Å². The number of benzene rings is 1. The van der Waals surface area contributed by atoms with Gasteiger partial charge in [0.1, 0.15) is 11.5 Å². The zero-order valence-corrected chi connectivity index (χ0v) is 13.1. The number of rotatable bonds is 2. The summed E-state index contributed by atoms with van der Waals surface area (Å²) in [4.78, 5) is 29.6. The summed E-state index contributed by atoms with van der Waals surface area (Å²) in [5, 5.41) is 0.430. The van der Waals surface area contributed by atoms with E-state index < -0.39 is 5.69 Å². The Morgan fingerprint density at radius 3 is 2.43 bits per heavy atom. The van der Waals surface area contributed by atoms with Crippen LogP contribution in [0.25, 0.3) is 11.0 Å². The van der Waals surface area contributed by atoms with Gasteiger partial charge in [0.05, 0.1) is 11.9 Å². The lowest BCUT2D eigenvalue weighted by Gasteiger charge is -2.12. The van der Waals surface area contributed by atoms with Gasteiger partial charge < -0.3 is 0 Å². The molecule has 0 atom stereocenters. The van der Waals surface area contributed by atoms with Crippen molar-refractivity contribution in [2.24, 2.45) is 7.05 Å². The van der Waals surface area contributed by atoms with Gasteiger partial charge in [-0.25, -0.2) is 14.2 Å². The highest BCUT2D eigenvalue weighted by molar-refractivity contribution is 5.78. The van der Waals surface area contributed by atoms with E-state index in [1.807, 2.05) is 19.9 Å². The molecule has 0 aliphatic carbocycles. The molecular weight excluding hydrogens is 297 g/mol. The standard InChI is InChI=1S/C17H16FN3O2/c1-10-8-11(2)19-15-14(10)16(22)21(17(23)20(15)3)9-12-4-6-13(18)7-5-12/h4-8H,9H2,1-3H3. The van der Waals surface area contributed by atoms with Crippen LogP contribution in [0.3, 0.4) is 0 Å². The molecule has 0 aliphatic rings. The molecule has 0 N–H and O–H groups in total. The van der Waals surface area contributed by atoms with E-state index in [-0.39, 0.29) is 17.9 Å². The van der Waals surface area contributed by atoms with Crippen LogP contribution in [-0.2, 0) is 13.6 Å². The van der Waals surface area contributed by atoms with Gasteiger partial charge in [0.15, 0.2) is 0 Å². The first kappa shape index (κ1) is 15.1. The third-order valence-corrected chi connectivity index (χ3v) is 3.87. The van der Waals surface area contributed by atoms with E-state index in [0.717, 1.165) is 15.8 Å². The molecule has 0 radical (unpaired) electrons. The lowest BCUT2D eigenvalue weighted by molar-refractivity contribution is 0.623. The zero-order valence-electron chi connectivity index (χ0n) is 13.1. The Kier molecular flexibility index (Phi) is 3.60. The molecule has 0 fully saturated rings. The second-order valence-corrected chi connectivity index (χ2v) is 5.64. The smallest absolute Gasteiger partial charge is 0.280 e. The Bertz CT molecular complexity index is 1020. The fourth-order valence-electron chi connectivity index (χ4n) is 2.73. The summed E-state index contributed by atoms with van der Waals surface area (Å²) in [6.07, 6.45) is 0. The normalized spacial score (nSPS) is 11.1. The Hall–Kier alpha value is -2.76. The molecular formula is C17H16FN3O2. The van der Waals surface area contributed by atoms with E-state index in [2.05, 4.69) is 4.98 Å². The summed E-state index contributed by atoms with van der Waals surface area (Å²) in [7, 11) is 1.59. The van der Waals surface area contributed by atoms with E-state index in [1.54, 1.807) is 19.2 Å². The number of pyridine rings is 1. The van der Waals surface area contributed by atoms with Crippen LogP contribution in [0.2, 0.25) is 0 Å². The molecule has 0 saturated carbocycles. The van der Waals surface area contributed by atoms with Gasteiger partial charge in [-0.15, -0.1) is 0 Å². The van der Waals surface area contributed by atoms with Crippen molar-refractivity contribution in [1.82, 2.24) is 14.1 Å². The monoisotopic (exact) mass is 313 g/mol. The van der Waals surface area contributed by atoms with Crippen molar-refractivity contribution < 1.29 is 4.39 Å². The van der Waals surface area contributed by atoms with Crippen molar-refractivity contribution >= 4 is 11.0 Å². The fraction of sp³-hybridized carbons (Fsp3) is 0.235. The fourth-order valence-corrected chi connectivity index (χ4v) is 2.73. The lowest BCUT2D eigenvalue weighted by Crippen LogP contribution is -2.40. The minimum absolute atomic E-state index is 0.0923. The van der Waals surface area contributed by atoms with Gasteiger partial charge in [0, 0.05) is 12.7 Å². The van der Waals surface area contributed by atoms with E-state index in [4.69, 9.17) is 0 Å². The quantitative estimate of drug-likeness (QED) is 0.726. The third kappa shape index (κ3) is 2.56. The summed E-state index contributed by atoms with van der Waals surface area (Å²) >= 11 is 0. The van der Waals surface area contributed by atoms with Crippen LogP contribution in [0.15, 0.2) is 39.9 Å². The van der Waals surface area contributed by atoms with Crippen molar-refractivity contribution in [3.63, 3.8) is 0 Å². The van der Waals surface area contributed by atoms with Crippen LogP contribution in [0.5, 0.6) is 0 Å². The van der Waals surface area contributed by atoms with Gasteiger partial charge in [-0.1, -0.05) is 12.1 Å². The van der Waals surface area contributed by atoms with Crippen molar-refractivity contribution in [3.05, 3.63) is 73.8 Å². The highest BCUT2D eigenvalue weighted by atomic mass is 19.1. The van der Waals surface area contributed by atoms with Crippen LogP contribution >= 0.6 is 0 Å². The molecule has 1 aromatic carbocycles. The van der Waals surface area contributed by atoms with Gasteiger partial charge in [-0.05, 0) is 43.2 Å². The van der Waals surface area contributed by atoms with Crippen molar-refractivity contribution in [2.75, 3.05) is 0 Å². The summed E-state index contributed by atoms with van der Waals surface area (Å²) in [6.45, 7) is 3.74. The summed E-state index contributed by atoms with van der Waals surface area (Å²) in [5.41, 5.74) is 1.78. The van der Waals surface area contributed by atoms with Gasteiger partial charge >= 0.3 is 5.69 Å². The number of nitrogens with zero attached hydrogens (tertiary/aromatic N) is 3. The van der Waals surface area contributed by atoms with E-state index >= 15 is 0 Å². The number of fused-ring (bicyclic) bond motifs is 1. The maximum absolute atomic E-state index is 13.0. The van der Waals surface area contributed by atoms with Crippen LogP contribution in [0.1, 0.15) is 16.8 Å². The van der Waals surface area contributed by atoms with Gasteiger partial charge in [0.25, 0.3) is 5.56 Å². The lowest BCUT2D eigenvalue weighted by atomic mass is 10.1. The zero-order chi connectivity index (χ0) is 16.7. The average Bonchev–Trinajstić information content (AvgIpc) is 2.50. The number of aryl methyl sites for hydroxylation is 3. The van der Waals surface area contributed by atoms with Crippen molar-refractivity contribution in [3.8, 4) is 0 Å². The van der Waals surface area contributed by atoms with E-state index in [0.29, 0.717) is 16.6 Å².